The zero-order chi connectivity index (χ0) is 12.1. The lowest BCUT2D eigenvalue weighted by Gasteiger charge is -2.15. The third-order valence-corrected chi connectivity index (χ3v) is 4.08. The number of halogens is 1. The van der Waals surface area contributed by atoms with Crippen LogP contribution in [0.25, 0.3) is 0 Å². The number of hydrogen-bond donors (Lipinski definition) is 2. The highest BCUT2D eigenvalue weighted by atomic mass is 79.9. The van der Waals surface area contributed by atoms with Crippen LogP contribution in [0.4, 0.5) is 5.69 Å². The van der Waals surface area contributed by atoms with Crippen molar-refractivity contribution in [2.45, 2.75) is 12.2 Å². The van der Waals surface area contributed by atoms with Crippen molar-refractivity contribution in [2.24, 2.45) is 5.73 Å². The Morgan fingerprint density at radius 2 is 2.31 bits per heavy atom. The maximum Gasteiger partial charge on any atom is 0.107 e. The molecule has 0 amide bonds. The lowest BCUT2D eigenvalue weighted by Crippen LogP contribution is -2.18. The van der Waals surface area contributed by atoms with E-state index in [2.05, 4.69) is 34.4 Å². The average Bonchev–Trinajstić information content (AvgIpc) is 2.25. The molecule has 0 aliphatic heterocycles. The van der Waals surface area contributed by atoms with Crippen LogP contribution in [0.5, 0.6) is 0 Å². The number of rotatable bonds is 5. The van der Waals surface area contributed by atoms with E-state index in [0.717, 1.165) is 22.3 Å². The molecule has 0 aliphatic rings. The summed E-state index contributed by atoms with van der Waals surface area (Å²) in [5.74, 6) is 0. The minimum Gasteiger partial charge on any atom is -0.389 e. The predicted molar refractivity (Wildman–Crippen MR) is 81.5 cm³/mol. The zero-order valence-electron chi connectivity index (χ0n) is 9.29. The van der Waals surface area contributed by atoms with Crippen LogP contribution in [0.15, 0.2) is 22.7 Å². The Hall–Kier alpha value is -0.260. The van der Waals surface area contributed by atoms with Gasteiger partial charge in [0.2, 0.25) is 0 Å². The van der Waals surface area contributed by atoms with Gasteiger partial charge in [0.25, 0.3) is 0 Å². The first-order chi connectivity index (χ1) is 7.56. The van der Waals surface area contributed by atoms with Gasteiger partial charge in [-0.05, 0) is 34.3 Å². The smallest absolute Gasteiger partial charge is 0.107 e. The highest BCUT2D eigenvalue weighted by Crippen LogP contribution is 2.25. The SMILES string of the molecule is CSC(C)CNc1cccc(Br)c1C(N)=S. The lowest BCUT2D eigenvalue weighted by atomic mass is 10.1. The van der Waals surface area contributed by atoms with E-state index < -0.39 is 0 Å². The molecule has 0 heterocycles. The fourth-order valence-electron chi connectivity index (χ4n) is 1.26. The standard InChI is InChI=1S/C11H15BrN2S2/c1-7(16-2)6-14-9-5-3-4-8(12)10(9)11(13)15/h3-5,7,14H,6H2,1-2H3,(H2,13,15). The van der Waals surface area contributed by atoms with E-state index in [9.17, 15) is 0 Å². The van der Waals surface area contributed by atoms with Crippen molar-refractivity contribution >= 4 is 50.6 Å². The molecule has 3 N–H and O–H groups in total. The summed E-state index contributed by atoms with van der Waals surface area (Å²) < 4.78 is 0.932. The number of hydrogen-bond acceptors (Lipinski definition) is 3. The summed E-state index contributed by atoms with van der Waals surface area (Å²) in [6.07, 6.45) is 2.10. The van der Waals surface area contributed by atoms with E-state index in [1.165, 1.54) is 0 Å². The van der Waals surface area contributed by atoms with Gasteiger partial charge in [0, 0.05) is 27.5 Å². The Balaban J connectivity index is 2.87. The monoisotopic (exact) mass is 318 g/mol. The van der Waals surface area contributed by atoms with Crippen molar-refractivity contribution in [3.05, 3.63) is 28.2 Å². The third-order valence-electron chi connectivity index (χ3n) is 2.24. The van der Waals surface area contributed by atoms with E-state index in [-0.39, 0.29) is 0 Å². The van der Waals surface area contributed by atoms with Gasteiger partial charge in [0.1, 0.15) is 4.99 Å². The molecule has 1 aromatic rings. The molecule has 0 radical (unpaired) electrons. The van der Waals surface area contributed by atoms with Gasteiger partial charge in [-0.1, -0.05) is 25.2 Å². The molecular formula is C11H15BrN2S2. The average molecular weight is 319 g/mol. The molecule has 2 nitrogen and oxygen atoms in total. The second kappa shape index (κ2) is 6.47. The minimum atomic E-state index is 0.409. The molecule has 1 rings (SSSR count). The van der Waals surface area contributed by atoms with Crippen molar-refractivity contribution in [3.63, 3.8) is 0 Å². The molecule has 0 fully saturated rings. The number of benzene rings is 1. The summed E-state index contributed by atoms with van der Waals surface area (Å²) in [5.41, 5.74) is 7.58. The number of anilines is 1. The normalized spacial score (nSPS) is 12.2. The molecule has 0 saturated carbocycles. The van der Waals surface area contributed by atoms with Gasteiger partial charge in [-0.25, -0.2) is 0 Å². The summed E-state index contributed by atoms with van der Waals surface area (Å²) >= 11 is 10.3. The summed E-state index contributed by atoms with van der Waals surface area (Å²) in [6.45, 7) is 3.07. The van der Waals surface area contributed by atoms with Crippen molar-refractivity contribution in [1.82, 2.24) is 0 Å². The second-order valence-corrected chi connectivity index (χ2v) is 6.02. The van der Waals surface area contributed by atoms with Crippen LogP contribution in [0, 0.1) is 0 Å². The van der Waals surface area contributed by atoms with E-state index in [4.69, 9.17) is 18.0 Å². The van der Waals surface area contributed by atoms with Gasteiger partial charge in [-0.3, -0.25) is 0 Å². The van der Waals surface area contributed by atoms with Crippen LogP contribution in [-0.4, -0.2) is 23.0 Å². The van der Waals surface area contributed by atoms with E-state index in [1.54, 1.807) is 0 Å². The van der Waals surface area contributed by atoms with Crippen molar-refractivity contribution in [2.75, 3.05) is 18.1 Å². The highest BCUT2D eigenvalue weighted by molar-refractivity contribution is 9.10. The molecule has 1 aromatic carbocycles. The molecule has 0 aromatic heterocycles. The zero-order valence-corrected chi connectivity index (χ0v) is 12.5. The molecule has 0 aliphatic carbocycles. The number of nitrogens with two attached hydrogens (primary N) is 1. The first-order valence-corrected chi connectivity index (χ1v) is 7.40. The van der Waals surface area contributed by atoms with Crippen molar-refractivity contribution < 1.29 is 0 Å². The van der Waals surface area contributed by atoms with Crippen LogP contribution >= 0.6 is 39.9 Å². The van der Waals surface area contributed by atoms with Gasteiger partial charge in [-0.2, -0.15) is 11.8 Å². The minimum absolute atomic E-state index is 0.409. The fraction of sp³-hybridized carbons (Fsp3) is 0.364. The Labute approximate surface area is 114 Å². The van der Waals surface area contributed by atoms with Gasteiger partial charge in [0.15, 0.2) is 0 Å². The number of thiocarbonyl (C=S) groups is 1. The summed E-state index contributed by atoms with van der Waals surface area (Å²) in [6, 6.07) is 5.90. The van der Waals surface area contributed by atoms with Crippen molar-refractivity contribution in [1.29, 1.82) is 0 Å². The molecular weight excluding hydrogens is 304 g/mol. The Kier molecular flexibility index (Phi) is 5.58. The number of nitrogens with one attached hydrogen (secondary N) is 1. The van der Waals surface area contributed by atoms with Crippen LogP contribution < -0.4 is 11.1 Å². The van der Waals surface area contributed by atoms with Crippen molar-refractivity contribution in [3.8, 4) is 0 Å². The van der Waals surface area contributed by atoms with Gasteiger partial charge in [-0.15, -0.1) is 0 Å². The topological polar surface area (TPSA) is 38.0 Å². The van der Waals surface area contributed by atoms with Crippen LogP contribution in [0.2, 0.25) is 0 Å². The third kappa shape index (κ3) is 3.64. The molecule has 5 heteroatoms. The molecule has 88 valence electrons. The fourth-order valence-corrected chi connectivity index (χ4v) is 2.44. The summed E-state index contributed by atoms with van der Waals surface area (Å²) in [5, 5.41) is 3.92. The van der Waals surface area contributed by atoms with Crippen LogP contribution in [-0.2, 0) is 0 Å². The Morgan fingerprint density at radius 1 is 1.62 bits per heavy atom. The van der Waals surface area contributed by atoms with Crippen LogP contribution in [0.3, 0.4) is 0 Å². The molecule has 0 spiro atoms. The molecule has 0 saturated heterocycles. The van der Waals surface area contributed by atoms with E-state index in [1.807, 2.05) is 30.0 Å². The molecule has 16 heavy (non-hydrogen) atoms. The van der Waals surface area contributed by atoms with E-state index in [0.29, 0.717) is 10.2 Å². The van der Waals surface area contributed by atoms with Crippen LogP contribution in [0.1, 0.15) is 12.5 Å². The number of thioether (sulfide) groups is 1. The lowest BCUT2D eigenvalue weighted by molar-refractivity contribution is 1.00. The molecule has 0 bridgehead atoms. The Bertz CT molecular complexity index is 382. The first-order valence-electron chi connectivity index (χ1n) is 4.91. The Morgan fingerprint density at radius 3 is 2.88 bits per heavy atom. The first kappa shape index (κ1) is 13.8. The largest absolute Gasteiger partial charge is 0.389 e. The second-order valence-electron chi connectivity index (χ2n) is 3.45. The molecule has 1 atom stereocenters. The van der Waals surface area contributed by atoms with Gasteiger partial charge in [0.05, 0.1) is 0 Å². The quantitative estimate of drug-likeness (QED) is 0.817. The maximum atomic E-state index is 5.71. The summed E-state index contributed by atoms with van der Waals surface area (Å²) in [7, 11) is 0. The van der Waals surface area contributed by atoms with Gasteiger partial charge >= 0.3 is 0 Å². The van der Waals surface area contributed by atoms with E-state index >= 15 is 0 Å². The predicted octanol–water partition coefficient (Wildman–Crippen LogP) is 3.25. The summed E-state index contributed by atoms with van der Waals surface area (Å²) in [4.78, 5) is 0.409. The highest BCUT2D eigenvalue weighted by Gasteiger charge is 2.09. The molecule has 1 unspecified atom stereocenters. The maximum absolute atomic E-state index is 5.71. The van der Waals surface area contributed by atoms with Gasteiger partial charge < -0.3 is 11.1 Å².